The Kier molecular flexibility index (Phi) is 9.52. The molecule has 34 heavy (non-hydrogen) atoms. The van der Waals surface area contributed by atoms with Crippen molar-refractivity contribution in [3.63, 3.8) is 0 Å². The molecule has 0 unspecified atom stereocenters. The van der Waals surface area contributed by atoms with Crippen LogP contribution in [0.1, 0.15) is 18.1 Å². The van der Waals surface area contributed by atoms with Gasteiger partial charge in [-0.2, -0.15) is 0 Å². The number of hydrogen-bond acceptors (Lipinski definition) is 4. The highest BCUT2D eigenvalue weighted by molar-refractivity contribution is 9.10. The molecule has 0 aliphatic carbocycles. The van der Waals surface area contributed by atoms with Crippen molar-refractivity contribution in [3.05, 3.63) is 94.5 Å². The molecule has 0 bridgehead atoms. The normalized spacial score (nSPS) is 11.4. The van der Waals surface area contributed by atoms with Gasteiger partial charge >= 0.3 is 0 Å². The van der Waals surface area contributed by atoms with Crippen molar-refractivity contribution in [2.45, 2.75) is 25.9 Å². The fourth-order valence-corrected chi connectivity index (χ4v) is 3.84. The Bertz CT molecular complexity index is 1070. The van der Waals surface area contributed by atoms with Crippen molar-refractivity contribution >= 4 is 27.7 Å². The molecule has 7 heteroatoms. The summed E-state index contributed by atoms with van der Waals surface area (Å²) in [5.74, 6) is 0.785. The van der Waals surface area contributed by atoms with E-state index < -0.39 is 6.04 Å². The topological polar surface area (TPSA) is 67.9 Å². The number of ether oxygens (including phenoxy) is 2. The highest BCUT2D eigenvalue weighted by atomic mass is 79.9. The predicted molar refractivity (Wildman–Crippen MR) is 136 cm³/mol. The maximum atomic E-state index is 13.5. The van der Waals surface area contributed by atoms with Gasteiger partial charge < -0.3 is 19.7 Å². The minimum absolute atomic E-state index is 0.184. The SMILES string of the molecule is CCNC(=O)[C@H](Cc1ccccc1)N(Cc1cccc(OC)c1)C(=O)COc1ccc(Br)cc1. The Labute approximate surface area is 209 Å². The second-order valence-electron chi connectivity index (χ2n) is 7.72. The summed E-state index contributed by atoms with van der Waals surface area (Å²) in [6, 6.07) is 23.8. The van der Waals surface area contributed by atoms with E-state index in [9.17, 15) is 9.59 Å². The van der Waals surface area contributed by atoms with E-state index in [0.717, 1.165) is 15.6 Å². The Morgan fingerprint density at radius 2 is 1.65 bits per heavy atom. The van der Waals surface area contributed by atoms with Crippen LogP contribution in [-0.4, -0.2) is 43.0 Å². The van der Waals surface area contributed by atoms with Gasteiger partial charge in [0, 0.05) is 24.0 Å². The van der Waals surface area contributed by atoms with Crippen molar-refractivity contribution in [3.8, 4) is 11.5 Å². The minimum atomic E-state index is -0.699. The molecule has 0 saturated carbocycles. The highest BCUT2D eigenvalue weighted by Gasteiger charge is 2.30. The quantitative estimate of drug-likeness (QED) is 0.397. The van der Waals surface area contributed by atoms with Gasteiger partial charge in [0.25, 0.3) is 5.91 Å². The maximum absolute atomic E-state index is 13.5. The van der Waals surface area contributed by atoms with E-state index in [1.165, 1.54) is 0 Å². The molecule has 0 radical (unpaired) electrons. The van der Waals surface area contributed by atoms with E-state index >= 15 is 0 Å². The molecule has 1 atom stereocenters. The summed E-state index contributed by atoms with van der Waals surface area (Å²) in [6.45, 7) is 2.40. The van der Waals surface area contributed by atoms with Crippen LogP contribution >= 0.6 is 15.9 Å². The number of halogens is 1. The number of amides is 2. The summed E-state index contributed by atoms with van der Waals surface area (Å²) >= 11 is 3.39. The third-order valence-electron chi connectivity index (χ3n) is 5.29. The number of carbonyl (C=O) groups excluding carboxylic acids is 2. The Morgan fingerprint density at radius 1 is 0.941 bits per heavy atom. The van der Waals surface area contributed by atoms with Crippen LogP contribution in [0.3, 0.4) is 0 Å². The summed E-state index contributed by atoms with van der Waals surface area (Å²) in [6.07, 6.45) is 0.390. The van der Waals surface area contributed by atoms with Crippen LogP contribution in [0.4, 0.5) is 0 Å². The highest BCUT2D eigenvalue weighted by Crippen LogP contribution is 2.20. The predicted octanol–water partition coefficient (Wildman–Crippen LogP) is 4.61. The van der Waals surface area contributed by atoms with Gasteiger partial charge in [-0.25, -0.2) is 0 Å². The molecule has 1 N–H and O–H groups in total. The zero-order valence-corrected chi connectivity index (χ0v) is 21.0. The standard InChI is InChI=1S/C27H29BrN2O4/c1-3-29-27(32)25(17-20-8-5-4-6-9-20)30(18-21-10-7-11-24(16-21)33-2)26(31)19-34-23-14-12-22(28)13-15-23/h4-16,25H,3,17-19H2,1-2H3,(H,29,32)/t25-/m0/s1. The third-order valence-corrected chi connectivity index (χ3v) is 5.81. The zero-order chi connectivity index (χ0) is 24.3. The second kappa shape index (κ2) is 12.8. The molecule has 3 aromatic rings. The van der Waals surface area contributed by atoms with Crippen molar-refractivity contribution in [2.75, 3.05) is 20.3 Å². The van der Waals surface area contributed by atoms with Crippen LogP contribution in [-0.2, 0) is 22.6 Å². The minimum Gasteiger partial charge on any atom is -0.497 e. The molecular formula is C27H29BrN2O4. The van der Waals surface area contributed by atoms with Crippen molar-refractivity contribution in [2.24, 2.45) is 0 Å². The van der Waals surface area contributed by atoms with Gasteiger partial charge in [0.15, 0.2) is 6.61 Å². The lowest BCUT2D eigenvalue weighted by atomic mass is 10.0. The molecule has 0 heterocycles. The van der Waals surface area contributed by atoms with E-state index in [-0.39, 0.29) is 25.0 Å². The Hall–Kier alpha value is -3.32. The molecule has 0 saturated heterocycles. The first-order valence-corrected chi connectivity index (χ1v) is 11.9. The zero-order valence-electron chi connectivity index (χ0n) is 19.4. The first-order chi connectivity index (χ1) is 16.5. The van der Waals surface area contributed by atoms with E-state index in [1.807, 2.05) is 73.7 Å². The van der Waals surface area contributed by atoms with Crippen LogP contribution in [0, 0.1) is 0 Å². The number of likely N-dealkylation sites (N-methyl/N-ethyl adjacent to an activating group) is 1. The van der Waals surface area contributed by atoms with Crippen molar-refractivity contribution < 1.29 is 19.1 Å². The molecule has 3 aromatic carbocycles. The molecule has 0 aliphatic heterocycles. The molecular weight excluding hydrogens is 496 g/mol. The lowest BCUT2D eigenvalue weighted by molar-refractivity contribution is -0.142. The molecule has 0 aromatic heterocycles. The summed E-state index contributed by atoms with van der Waals surface area (Å²) in [7, 11) is 1.60. The smallest absolute Gasteiger partial charge is 0.261 e. The largest absolute Gasteiger partial charge is 0.497 e. The number of benzene rings is 3. The summed E-state index contributed by atoms with van der Waals surface area (Å²) in [5.41, 5.74) is 1.83. The van der Waals surface area contributed by atoms with Gasteiger partial charge in [0.1, 0.15) is 17.5 Å². The summed E-state index contributed by atoms with van der Waals surface area (Å²) < 4.78 is 12.0. The van der Waals surface area contributed by atoms with Crippen LogP contribution in [0.2, 0.25) is 0 Å². The lowest BCUT2D eigenvalue weighted by Gasteiger charge is -2.31. The molecule has 0 aliphatic rings. The van der Waals surface area contributed by atoms with E-state index in [1.54, 1.807) is 24.1 Å². The monoisotopic (exact) mass is 524 g/mol. The number of nitrogens with zero attached hydrogens (tertiary/aromatic N) is 1. The third kappa shape index (κ3) is 7.35. The lowest BCUT2D eigenvalue weighted by Crippen LogP contribution is -2.51. The summed E-state index contributed by atoms with van der Waals surface area (Å²) in [4.78, 5) is 28.2. The van der Waals surface area contributed by atoms with Gasteiger partial charge in [-0.1, -0.05) is 58.4 Å². The fourth-order valence-electron chi connectivity index (χ4n) is 3.57. The van der Waals surface area contributed by atoms with Crippen molar-refractivity contribution in [1.82, 2.24) is 10.2 Å². The average Bonchev–Trinajstić information content (AvgIpc) is 2.86. The van der Waals surface area contributed by atoms with Crippen LogP contribution in [0.15, 0.2) is 83.3 Å². The van der Waals surface area contributed by atoms with Crippen LogP contribution in [0.25, 0.3) is 0 Å². The fraction of sp³-hybridized carbons (Fsp3) is 0.259. The van der Waals surface area contributed by atoms with E-state index in [0.29, 0.717) is 24.5 Å². The first-order valence-electron chi connectivity index (χ1n) is 11.1. The number of hydrogen-bond donors (Lipinski definition) is 1. The molecule has 0 spiro atoms. The van der Waals surface area contributed by atoms with Crippen LogP contribution in [0.5, 0.6) is 11.5 Å². The van der Waals surface area contributed by atoms with E-state index in [2.05, 4.69) is 21.2 Å². The maximum Gasteiger partial charge on any atom is 0.261 e. The van der Waals surface area contributed by atoms with Crippen LogP contribution < -0.4 is 14.8 Å². The first kappa shape index (κ1) is 25.3. The average molecular weight is 525 g/mol. The molecule has 0 fully saturated rings. The number of carbonyl (C=O) groups is 2. The number of rotatable bonds is 11. The molecule has 178 valence electrons. The number of methoxy groups -OCH3 is 1. The van der Waals surface area contributed by atoms with Gasteiger partial charge in [-0.05, 0) is 54.4 Å². The van der Waals surface area contributed by atoms with Gasteiger partial charge in [0.2, 0.25) is 5.91 Å². The second-order valence-corrected chi connectivity index (χ2v) is 8.63. The molecule has 3 rings (SSSR count). The van der Waals surface area contributed by atoms with Gasteiger partial charge in [-0.15, -0.1) is 0 Å². The number of nitrogens with one attached hydrogen (secondary N) is 1. The van der Waals surface area contributed by atoms with Crippen molar-refractivity contribution in [1.29, 1.82) is 0 Å². The summed E-state index contributed by atoms with van der Waals surface area (Å²) in [5, 5.41) is 2.89. The van der Waals surface area contributed by atoms with Gasteiger partial charge in [-0.3, -0.25) is 9.59 Å². The molecule has 2 amide bonds. The molecule has 6 nitrogen and oxygen atoms in total. The Morgan fingerprint density at radius 3 is 2.32 bits per heavy atom. The Balaban J connectivity index is 1.89. The van der Waals surface area contributed by atoms with E-state index in [4.69, 9.17) is 9.47 Å². The van der Waals surface area contributed by atoms with Gasteiger partial charge in [0.05, 0.1) is 7.11 Å².